The van der Waals surface area contributed by atoms with Crippen LogP contribution in [0.4, 0.5) is 0 Å². The topological polar surface area (TPSA) is 66.8 Å². The maximum atomic E-state index is 11.8. The van der Waals surface area contributed by atoms with Crippen molar-refractivity contribution in [2.45, 2.75) is 38.7 Å². The summed E-state index contributed by atoms with van der Waals surface area (Å²) >= 11 is 0. The molecule has 0 radical (unpaired) electrons. The Hall–Kier alpha value is -1.36. The summed E-state index contributed by atoms with van der Waals surface area (Å²) in [7, 11) is 0. The van der Waals surface area contributed by atoms with Crippen LogP contribution in [0.3, 0.4) is 0 Å². The van der Waals surface area contributed by atoms with E-state index in [1.165, 1.54) is 0 Å². The van der Waals surface area contributed by atoms with Gasteiger partial charge in [-0.3, -0.25) is 4.79 Å². The Morgan fingerprint density at radius 1 is 1.53 bits per heavy atom. The second kappa shape index (κ2) is 4.87. The number of hydrogen-bond donors (Lipinski definition) is 1. The highest BCUT2D eigenvalue weighted by molar-refractivity contribution is 5.92. The number of ether oxygens (including phenoxy) is 1. The van der Waals surface area contributed by atoms with Crippen LogP contribution in [-0.2, 0) is 14.3 Å². The van der Waals surface area contributed by atoms with Gasteiger partial charge in [-0.2, -0.15) is 0 Å². The second-order valence-corrected chi connectivity index (χ2v) is 4.51. The molecule has 2 rings (SSSR count). The zero-order valence-corrected chi connectivity index (χ0v) is 9.94. The quantitative estimate of drug-likeness (QED) is 0.802. The molecule has 0 bridgehead atoms. The van der Waals surface area contributed by atoms with Gasteiger partial charge in [0.2, 0.25) is 5.91 Å². The Morgan fingerprint density at radius 2 is 2.29 bits per heavy atom. The van der Waals surface area contributed by atoms with Crippen molar-refractivity contribution in [1.29, 1.82) is 0 Å². The van der Waals surface area contributed by atoms with Gasteiger partial charge in [-0.15, -0.1) is 0 Å². The van der Waals surface area contributed by atoms with Crippen LogP contribution in [0.5, 0.6) is 0 Å². The van der Waals surface area contributed by atoms with E-state index >= 15 is 0 Å². The number of allylic oxidation sites excluding steroid dienone is 1. The molecule has 94 valence electrons. The van der Waals surface area contributed by atoms with Gasteiger partial charge in [0.15, 0.2) is 0 Å². The molecule has 1 N–H and O–H groups in total. The van der Waals surface area contributed by atoms with Crippen molar-refractivity contribution in [3.05, 3.63) is 11.3 Å². The summed E-state index contributed by atoms with van der Waals surface area (Å²) in [6.45, 7) is 2.93. The van der Waals surface area contributed by atoms with Gasteiger partial charge in [0.1, 0.15) is 0 Å². The van der Waals surface area contributed by atoms with Crippen molar-refractivity contribution < 1.29 is 19.4 Å². The van der Waals surface area contributed by atoms with Gasteiger partial charge in [0.25, 0.3) is 0 Å². The zero-order valence-electron chi connectivity index (χ0n) is 9.94. The SMILES string of the molecule is CC1=C(C(=O)O)CCC(=O)N1C[C@@H]1CCCO1. The van der Waals surface area contributed by atoms with Crippen molar-refractivity contribution in [2.75, 3.05) is 13.2 Å². The van der Waals surface area contributed by atoms with Crippen LogP contribution in [0.25, 0.3) is 0 Å². The van der Waals surface area contributed by atoms with Crippen LogP contribution in [-0.4, -0.2) is 41.1 Å². The van der Waals surface area contributed by atoms with Gasteiger partial charge in [-0.1, -0.05) is 0 Å². The molecule has 0 saturated carbocycles. The summed E-state index contributed by atoms with van der Waals surface area (Å²) in [5, 5.41) is 9.05. The van der Waals surface area contributed by atoms with Crippen molar-refractivity contribution in [1.82, 2.24) is 4.90 Å². The molecule has 2 aliphatic rings. The van der Waals surface area contributed by atoms with Gasteiger partial charge < -0.3 is 14.7 Å². The first-order valence-electron chi connectivity index (χ1n) is 5.94. The van der Waals surface area contributed by atoms with E-state index in [4.69, 9.17) is 9.84 Å². The van der Waals surface area contributed by atoms with E-state index in [-0.39, 0.29) is 18.4 Å². The number of aliphatic carboxylic acids is 1. The maximum absolute atomic E-state index is 11.8. The number of hydrogen-bond acceptors (Lipinski definition) is 3. The third-order valence-corrected chi connectivity index (χ3v) is 3.40. The van der Waals surface area contributed by atoms with Crippen LogP contribution < -0.4 is 0 Å². The molecular formula is C12H17NO4. The van der Waals surface area contributed by atoms with Crippen molar-refractivity contribution >= 4 is 11.9 Å². The molecule has 0 aromatic rings. The fourth-order valence-corrected chi connectivity index (χ4v) is 2.39. The minimum atomic E-state index is -0.924. The van der Waals surface area contributed by atoms with Gasteiger partial charge in [0, 0.05) is 18.7 Å². The Balaban J connectivity index is 2.14. The van der Waals surface area contributed by atoms with E-state index < -0.39 is 5.97 Å². The van der Waals surface area contributed by atoms with Gasteiger partial charge in [-0.25, -0.2) is 4.79 Å². The van der Waals surface area contributed by atoms with E-state index in [0.29, 0.717) is 24.2 Å². The van der Waals surface area contributed by atoms with E-state index in [2.05, 4.69) is 0 Å². The lowest BCUT2D eigenvalue weighted by Gasteiger charge is -2.30. The first kappa shape index (κ1) is 12.1. The van der Waals surface area contributed by atoms with Crippen molar-refractivity contribution in [3.63, 3.8) is 0 Å². The number of carbonyl (C=O) groups excluding carboxylic acids is 1. The summed E-state index contributed by atoms with van der Waals surface area (Å²) in [6, 6.07) is 0. The lowest BCUT2D eigenvalue weighted by molar-refractivity contribution is -0.135. The largest absolute Gasteiger partial charge is 0.478 e. The van der Waals surface area contributed by atoms with E-state index in [9.17, 15) is 9.59 Å². The Bertz CT molecular complexity index is 369. The minimum Gasteiger partial charge on any atom is -0.478 e. The summed E-state index contributed by atoms with van der Waals surface area (Å²) in [5.74, 6) is -0.921. The van der Waals surface area contributed by atoms with Crippen molar-refractivity contribution in [3.8, 4) is 0 Å². The maximum Gasteiger partial charge on any atom is 0.333 e. The van der Waals surface area contributed by atoms with Crippen LogP contribution in [0.2, 0.25) is 0 Å². The number of amides is 1. The summed E-state index contributed by atoms with van der Waals surface area (Å²) in [6.07, 6.45) is 2.64. The van der Waals surface area contributed by atoms with Crippen LogP contribution in [0, 0.1) is 0 Å². The zero-order chi connectivity index (χ0) is 12.4. The van der Waals surface area contributed by atoms with Gasteiger partial charge >= 0.3 is 5.97 Å². The molecule has 2 heterocycles. The molecule has 0 aromatic heterocycles. The molecule has 5 nitrogen and oxygen atoms in total. The summed E-state index contributed by atoms with van der Waals surface area (Å²) in [4.78, 5) is 24.4. The van der Waals surface area contributed by atoms with E-state index in [0.717, 1.165) is 19.4 Å². The Morgan fingerprint density at radius 3 is 2.88 bits per heavy atom. The number of carboxylic acid groups (broad SMARTS) is 1. The number of carboxylic acids is 1. The molecule has 1 fully saturated rings. The Kier molecular flexibility index (Phi) is 3.47. The van der Waals surface area contributed by atoms with Gasteiger partial charge in [0.05, 0.1) is 18.2 Å². The molecular weight excluding hydrogens is 222 g/mol. The van der Waals surface area contributed by atoms with E-state index in [1.807, 2.05) is 0 Å². The smallest absolute Gasteiger partial charge is 0.333 e. The number of rotatable bonds is 3. The summed E-state index contributed by atoms with van der Waals surface area (Å²) < 4.78 is 5.48. The molecule has 5 heteroatoms. The number of carbonyl (C=O) groups is 2. The monoisotopic (exact) mass is 239 g/mol. The standard InChI is InChI=1S/C12H17NO4/c1-8-10(12(15)16)4-5-11(14)13(8)7-9-3-2-6-17-9/h9H,2-7H2,1H3,(H,15,16)/t9-/m0/s1. The van der Waals surface area contributed by atoms with Crippen molar-refractivity contribution in [2.24, 2.45) is 0 Å². The van der Waals surface area contributed by atoms with Crippen LogP contribution in [0.15, 0.2) is 11.3 Å². The highest BCUT2D eigenvalue weighted by atomic mass is 16.5. The normalized spacial score (nSPS) is 25.6. The lowest BCUT2D eigenvalue weighted by atomic mass is 10.0. The molecule has 0 aliphatic carbocycles. The molecule has 1 atom stereocenters. The Labute approximate surface area is 100 Å². The fraction of sp³-hybridized carbons (Fsp3) is 0.667. The molecule has 1 amide bonds. The molecule has 0 spiro atoms. The molecule has 0 aromatic carbocycles. The third kappa shape index (κ3) is 2.49. The van der Waals surface area contributed by atoms with Gasteiger partial charge in [-0.05, 0) is 26.2 Å². The average molecular weight is 239 g/mol. The highest BCUT2D eigenvalue weighted by Crippen LogP contribution is 2.25. The third-order valence-electron chi connectivity index (χ3n) is 3.40. The molecule has 2 aliphatic heterocycles. The predicted molar refractivity (Wildman–Crippen MR) is 60.3 cm³/mol. The number of nitrogens with zero attached hydrogens (tertiary/aromatic N) is 1. The van der Waals surface area contributed by atoms with Crippen LogP contribution >= 0.6 is 0 Å². The predicted octanol–water partition coefficient (Wildman–Crippen LogP) is 1.15. The summed E-state index contributed by atoms with van der Waals surface area (Å²) in [5.41, 5.74) is 0.923. The molecule has 1 saturated heterocycles. The first-order chi connectivity index (χ1) is 8.09. The second-order valence-electron chi connectivity index (χ2n) is 4.51. The van der Waals surface area contributed by atoms with E-state index in [1.54, 1.807) is 11.8 Å². The van der Waals surface area contributed by atoms with Crippen LogP contribution in [0.1, 0.15) is 32.6 Å². The molecule has 0 unspecified atom stereocenters. The highest BCUT2D eigenvalue weighted by Gasteiger charge is 2.30. The fourth-order valence-electron chi connectivity index (χ4n) is 2.39. The molecule has 17 heavy (non-hydrogen) atoms. The minimum absolute atomic E-state index is 0.00278. The lowest BCUT2D eigenvalue weighted by Crippen LogP contribution is -2.39. The first-order valence-corrected chi connectivity index (χ1v) is 5.94. The average Bonchev–Trinajstić information content (AvgIpc) is 2.76.